The zero-order valence-electron chi connectivity index (χ0n) is 13.1. The van der Waals surface area contributed by atoms with E-state index in [9.17, 15) is 9.59 Å². The molecule has 0 saturated carbocycles. The van der Waals surface area contributed by atoms with Crippen molar-refractivity contribution >= 4 is 27.7 Å². The Bertz CT molecular complexity index is 672. The van der Waals surface area contributed by atoms with Gasteiger partial charge in [0.15, 0.2) is 0 Å². The second-order valence-electron chi connectivity index (χ2n) is 5.26. The average molecular weight is 379 g/mol. The lowest BCUT2D eigenvalue weighted by Crippen LogP contribution is -2.40. The quantitative estimate of drug-likeness (QED) is 0.835. The summed E-state index contributed by atoms with van der Waals surface area (Å²) in [6.45, 7) is 2.19. The minimum Gasteiger partial charge on any atom is -0.350 e. The van der Waals surface area contributed by atoms with E-state index in [2.05, 4.69) is 26.3 Å². The van der Waals surface area contributed by atoms with Crippen molar-refractivity contribution in [2.75, 3.05) is 13.6 Å². The molecule has 1 aromatic heterocycles. The molecule has 0 bridgehead atoms. The molecule has 7 heteroatoms. The molecule has 1 atom stereocenters. The molecule has 2 aromatic rings. The zero-order chi connectivity index (χ0) is 16.8. The topological polar surface area (TPSA) is 67.2 Å². The van der Waals surface area contributed by atoms with E-state index in [-0.39, 0.29) is 18.4 Å². The van der Waals surface area contributed by atoms with E-state index < -0.39 is 6.04 Å². The number of carbonyl (C=O) groups is 2. The predicted octanol–water partition coefficient (Wildman–Crippen LogP) is 1.98. The van der Waals surface area contributed by atoms with E-state index in [1.165, 1.54) is 4.90 Å². The number of hydrogen-bond acceptors (Lipinski definition) is 3. The Morgan fingerprint density at radius 2 is 2.17 bits per heavy atom. The standard InChI is InChI=1S/C16H19BrN4O2/c1-12(21-8-4-7-19-21)16(23)20(2)11-15(22)18-10-13-5-3-6-14(17)9-13/h3-9,12H,10-11H2,1-2H3,(H,18,22). The number of rotatable bonds is 6. The first-order chi connectivity index (χ1) is 11.0. The number of carbonyl (C=O) groups excluding carboxylic acids is 2. The number of nitrogens with one attached hydrogen (secondary N) is 1. The van der Waals surface area contributed by atoms with Crippen molar-refractivity contribution in [3.8, 4) is 0 Å². The number of halogens is 1. The Hall–Kier alpha value is -2.15. The lowest BCUT2D eigenvalue weighted by Gasteiger charge is -2.21. The Labute approximate surface area is 143 Å². The van der Waals surface area contributed by atoms with Crippen LogP contribution in [0.1, 0.15) is 18.5 Å². The van der Waals surface area contributed by atoms with Gasteiger partial charge in [-0.1, -0.05) is 28.1 Å². The van der Waals surface area contributed by atoms with E-state index in [0.29, 0.717) is 6.54 Å². The van der Waals surface area contributed by atoms with Crippen LogP contribution in [0.25, 0.3) is 0 Å². The van der Waals surface area contributed by atoms with Gasteiger partial charge in [0.2, 0.25) is 11.8 Å². The van der Waals surface area contributed by atoms with Crippen LogP contribution in [0.4, 0.5) is 0 Å². The molecule has 1 N–H and O–H groups in total. The molecular weight excluding hydrogens is 360 g/mol. The number of hydrogen-bond donors (Lipinski definition) is 1. The molecule has 0 radical (unpaired) electrons. The Balaban J connectivity index is 1.83. The number of nitrogens with zero attached hydrogens (tertiary/aromatic N) is 3. The monoisotopic (exact) mass is 378 g/mol. The summed E-state index contributed by atoms with van der Waals surface area (Å²) < 4.78 is 2.53. The lowest BCUT2D eigenvalue weighted by atomic mass is 10.2. The molecule has 0 aliphatic carbocycles. The van der Waals surface area contributed by atoms with Crippen LogP contribution in [-0.4, -0.2) is 40.1 Å². The van der Waals surface area contributed by atoms with Gasteiger partial charge < -0.3 is 10.2 Å². The van der Waals surface area contributed by atoms with E-state index in [4.69, 9.17) is 0 Å². The van der Waals surface area contributed by atoms with Crippen molar-refractivity contribution in [3.63, 3.8) is 0 Å². The molecule has 1 heterocycles. The molecule has 0 spiro atoms. The summed E-state index contributed by atoms with van der Waals surface area (Å²) in [7, 11) is 1.61. The molecule has 0 aliphatic rings. The number of likely N-dealkylation sites (N-methyl/N-ethyl adjacent to an activating group) is 1. The van der Waals surface area contributed by atoms with Crippen molar-refractivity contribution in [2.45, 2.75) is 19.5 Å². The molecule has 0 saturated heterocycles. The zero-order valence-corrected chi connectivity index (χ0v) is 14.7. The van der Waals surface area contributed by atoms with Crippen molar-refractivity contribution < 1.29 is 9.59 Å². The largest absolute Gasteiger partial charge is 0.350 e. The maximum Gasteiger partial charge on any atom is 0.247 e. The number of benzene rings is 1. The minimum absolute atomic E-state index is 0.0123. The Kier molecular flexibility index (Phi) is 5.92. The van der Waals surface area contributed by atoms with Crippen molar-refractivity contribution in [1.29, 1.82) is 0 Å². The van der Waals surface area contributed by atoms with E-state index in [0.717, 1.165) is 10.0 Å². The molecule has 0 fully saturated rings. The molecule has 122 valence electrons. The van der Waals surface area contributed by atoms with Crippen LogP contribution in [0.3, 0.4) is 0 Å². The molecule has 2 rings (SSSR count). The van der Waals surface area contributed by atoms with Crippen LogP contribution in [0.2, 0.25) is 0 Å². The van der Waals surface area contributed by atoms with Gasteiger partial charge in [0, 0.05) is 30.5 Å². The summed E-state index contributed by atoms with van der Waals surface area (Å²) in [5.74, 6) is -0.361. The van der Waals surface area contributed by atoms with Crippen molar-refractivity contribution in [1.82, 2.24) is 20.0 Å². The third-order valence-electron chi connectivity index (χ3n) is 3.41. The lowest BCUT2D eigenvalue weighted by molar-refractivity contribution is -0.137. The number of amides is 2. The fourth-order valence-corrected chi connectivity index (χ4v) is 2.59. The summed E-state index contributed by atoms with van der Waals surface area (Å²) in [4.78, 5) is 25.7. The van der Waals surface area contributed by atoms with Gasteiger partial charge in [-0.05, 0) is 30.7 Å². The van der Waals surface area contributed by atoms with Gasteiger partial charge >= 0.3 is 0 Å². The summed E-state index contributed by atoms with van der Waals surface area (Å²) >= 11 is 3.39. The van der Waals surface area contributed by atoms with E-state index in [1.807, 2.05) is 24.3 Å². The highest BCUT2D eigenvalue weighted by Crippen LogP contribution is 2.11. The SMILES string of the molecule is CC(C(=O)N(C)CC(=O)NCc1cccc(Br)c1)n1cccn1. The normalized spacial score (nSPS) is 11.8. The highest BCUT2D eigenvalue weighted by Gasteiger charge is 2.20. The van der Waals surface area contributed by atoms with Gasteiger partial charge in [-0.15, -0.1) is 0 Å². The fourth-order valence-electron chi connectivity index (χ4n) is 2.14. The maximum absolute atomic E-state index is 12.3. The second kappa shape index (κ2) is 7.92. The fraction of sp³-hybridized carbons (Fsp3) is 0.312. The first kappa shape index (κ1) is 17.2. The van der Waals surface area contributed by atoms with Crippen molar-refractivity contribution in [3.05, 3.63) is 52.8 Å². The number of aromatic nitrogens is 2. The van der Waals surface area contributed by atoms with E-state index >= 15 is 0 Å². The molecule has 6 nitrogen and oxygen atoms in total. The summed E-state index contributed by atoms with van der Waals surface area (Å²) in [6.07, 6.45) is 3.35. The van der Waals surface area contributed by atoms with Crippen LogP contribution in [0, 0.1) is 0 Å². The third kappa shape index (κ3) is 4.92. The Morgan fingerprint density at radius 1 is 1.39 bits per heavy atom. The summed E-state index contributed by atoms with van der Waals surface area (Å²) in [5, 5.41) is 6.86. The summed E-state index contributed by atoms with van der Waals surface area (Å²) in [6, 6.07) is 9.03. The van der Waals surface area contributed by atoms with Gasteiger partial charge in [-0.3, -0.25) is 14.3 Å². The third-order valence-corrected chi connectivity index (χ3v) is 3.91. The average Bonchev–Trinajstić information content (AvgIpc) is 3.06. The van der Waals surface area contributed by atoms with Crippen molar-refractivity contribution in [2.24, 2.45) is 0 Å². The second-order valence-corrected chi connectivity index (χ2v) is 6.18. The highest BCUT2D eigenvalue weighted by molar-refractivity contribution is 9.10. The smallest absolute Gasteiger partial charge is 0.247 e. The predicted molar refractivity (Wildman–Crippen MR) is 90.6 cm³/mol. The van der Waals surface area contributed by atoms with Gasteiger partial charge in [0.1, 0.15) is 6.04 Å². The van der Waals surface area contributed by atoms with Crippen LogP contribution in [0.5, 0.6) is 0 Å². The van der Waals surface area contributed by atoms with Crippen LogP contribution < -0.4 is 5.32 Å². The first-order valence-electron chi connectivity index (χ1n) is 7.22. The molecule has 0 aliphatic heterocycles. The molecule has 2 amide bonds. The van der Waals surface area contributed by atoms with Crippen LogP contribution in [-0.2, 0) is 16.1 Å². The molecule has 1 aromatic carbocycles. The van der Waals surface area contributed by atoms with E-state index in [1.54, 1.807) is 37.1 Å². The molecule has 23 heavy (non-hydrogen) atoms. The van der Waals surface area contributed by atoms with Crippen LogP contribution in [0.15, 0.2) is 47.2 Å². The van der Waals surface area contributed by atoms with Gasteiger partial charge in [0.25, 0.3) is 0 Å². The van der Waals surface area contributed by atoms with Crippen LogP contribution >= 0.6 is 15.9 Å². The minimum atomic E-state index is -0.437. The van der Waals surface area contributed by atoms with Gasteiger partial charge in [-0.25, -0.2) is 0 Å². The maximum atomic E-state index is 12.3. The molecular formula is C16H19BrN4O2. The Morgan fingerprint density at radius 3 is 2.83 bits per heavy atom. The molecule has 1 unspecified atom stereocenters. The summed E-state index contributed by atoms with van der Waals surface area (Å²) in [5.41, 5.74) is 0.992. The van der Waals surface area contributed by atoms with Gasteiger partial charge in [-0.2, -0.15) is 5.10 Å². The highest BCUT2D eigenvalue weighted by atomic mass is 79.9. The van der Waals surface area contributed by atoms with Gasteiger partial charge in [0.05, 0.1) is 6.54 Å². The first-order valence-corrected chi connectivity index (χ1v) is 8.02.